The van der Waals surface area contributed by atoms with Crippen molar-refractivity contribution in [1.82, 2.24) is 37.2 Å². The lowest BCUT2D eigenvalue weighted by molar-refractivity contribution is -0.132. The third-order valence-electron chi connectivity index (χ3n) is 6.12. The molecule has 0 aliphatic carbocycles. The van der Waals surface area contributed by atoms with E-state index in [0.29, 0.717) is 10.6 Å². The van der Waals surface area contributed by atoms with Gasteiger partial charge in [0.25, 0.3) is 0 Å². The third-order valence-corrected chi connectivity index (χ3v) is 6.49. The molecule has 1 saturated heterocycles. The molecule has 16 nitrogen and oxygen atoms in total. The minimum atomic E-state index is -1.26. The molecule has 234 valence electrons. The van der Waals surface area contributed by atoms with E-state index in [1.54, 1.807) is 24.3 Å². The topological polar surface area (TPSA) is 247 Å². The van der Waals surface area contributed by atoms with Crippen LogP contribution in [0, 0.1) is 0 Å². The first-order chi connectivity index (χ1) is 20.3. The van der Waals surface area contributed by atoms with Crippen molar-refractivity contribution in [3.05, 3.63) is 34.9 Å². The molecule has 0 aromatic heterocycles. The van der Waals surface area contributed by atoms with Crippen LogP contribution in [0.5, 0.6) is 0 Å². The van der Waals surface area contributed by atoms with Crippen LogP contribution in [0.3, 0.4) is 0 Å². The molecule has 0 spiro atoms. The van der Waals surface area contributed by atoms with Gasteiger partial charge in [-0.25, -0.2) is 0 Å². The monoisotopic (exact) mass is 622 g/mol. The van der Waals surface area contributed by atoms with Crippen LogP contribution < -0.4 is 43.0 Å². The van der Waals surface area contributed by atoms with Crippen molar-refractivity contribution in [2.75, 3.05) is 26.2 Å². The summed E-state index contributed by atoms with van der Waals surface area (Å²) in [4.78, 5) is 98.7. The van der Waals surface area contributed by atoms with Gasteiger partial charge in [0.1, 0.15) is 18.1 Å². The number of halogens is 1. The smallest absolute Gasteiger partial charge is 0.243 e. The van der Waals surface area contributed by atoms with E-state index < -0.39 is 85.0 Å². The Morgan fingerprint density at radius 2 is 1.56 bits per heavy atom. The second kappa shape index (κ2) is 17.3. The van der Waals surface area contributed by atoms with Gasteiger partial charge in [-0.3, -0.25) is 38.4 Å². The summed E-state index contributed by atoms with van der Waals surface area (Å²) in [6, 6.07) is 2.95. The Morgan fingerprint density at radius 1 is 0.907 bits per heavy atom. The van der Waals surface area contributed by atoms with Crippen LogP contribution in [-0.4, -0.2) is 91.6 Å². The number of hydrogen-bond acceptors (Lipinski definition) is 8. The average Bonchev–Trinajstić information content (AvgIpc) is 2.95. The first-order valence-electron chi connectivity index (χ1n) is 13.3. The number of benzene rings is 1. The van der Waals surface area contributed by atoms with Gasteiger partial charge >= 0.3 is 0 Å². The highest BCUT2D eigenvalue weighted by Gasteiger charge is 2.26. The van der Waals surface area contributed by atoms with E-state index in [0.717, 1.165) is 0 Å². The lowest BCUT2D eigenvalue weighted by atomic mass is 10.0. The molecule has 0 saturated carbocycles. The average molecular weight is 623 g/mol. The lowest BCUT2D eigenvalue weighted by Gasteiger charge is -2.21. The second-order valence-corrected chi connectivity index (χ2v) is 9.99. The molecule has 8 amide bonds. The number of nitrogens with two attached hydrogens (primary N) is 1. The van der Waals surface area contributed by atoms with Crippen LogP contribution in [0.25, 0.3) is 0 Å². The van der Waals surface area contributed by atoms with E-state index in [1.807, 2.05) is 0 Å². The van der Waals surface area contributed by atoms with E-state index in [4.69, 9.17) is 17.3 Å². The van der Waals surface area contributed by atoms with Gasteiger partial charge in [-0.15, -0.1) is 0 Å². The van der Waals surface area contributed by atoms with Crippen LogP contribution in [-0.2, 0) is 44.8 Å². The molecule has 1 aliphatic heterocycles. The molecule has 1 aromatic rings. The summed E-state index contributed by atoms with van der Waals surface area (Å²) >= 11 is 6.22. The predicted octanol–water partition coefficient (Wildman–Crippen LogP) is -3.51. The van der Waals surface area contributed by atoms with Gasteiger partial charge in [0.2, 0.25) is 47.3 Å². The summed E-state index contributed by atoms with van der Waals surface area (Å²) in [7, 11) is 0. The van der Waals surface area contributed by atoms with E-state index in [-0.39, 0.29) is 32.2 Å². The molecule has 1 heterocycles. The fourth-order valence-corrected chi connectivity index (χ4v) is 4.10. The highest BCUT2D eigenvalue weighted by atomic mass is 35.5. The zero-order valence-electron chi connectivity index (χ0n) is 23.4. The van der Waals surface area contributed by atoms with Crippen LogP contribution in [0.1, 0.15) is 31.7 Å². The Kier molecular flexibility index (Phi) is 13.9. The summed E-state index contributed by atoms with van der Waals surface area (Å²) < 4.78 is 0. The zero-order chi connectivity index (χ0) is 31.9. The lowest BCUT2D eigenvalue weighted by Crippen LogP contribution is -2.54. The Bertz CT molecular complexity index is 1240. The molecule has 2 rings (SSSR count). The van der Waals surface area contributed by atoms with E-state index in [2.05, 4.69) is 37.2 Å². The number of primary amides is 1. The highest BCUT2D eigenvalue weighted by Crippen LogP contribution is 2.16. The molecule has 1 fully saturated rings. The molecule has 0 unspecified atom stereocenters. The minimum Gasteiger partial charge on any atom is -0.368 e. The molecular formula is C26H35ClN8O8. The quantitative estimate of drug-likeness (QED) is 0.158. The molecule has 43 heavy (non-hydrogen) atoms. The van der Waals surface area contributed by atoms with Crippen molar-refractivity contribution in [2.24, 2.45) is 5.73 Å². The molecule has 0 bridgehead atoms. The van der Waals surface area contributed by atoms with Crippen molar-refractivity contribution < 1.29 is 38.4 Å². The predicted molar refractivity (Wildman–Crippen MR) is 152 cm³/mol. The van der Waals surface area contributed by atoms with Crippen LogP contribution in [0.15, 0.2) is 24.3 Å². The maximum Gasteiger partial charge on any atom is 0.243 e. The normalized spacial score (nSPS) is 21.3. The summed E-state index contributed by atoms with van der Waals surface area (Å²) in [6.45, 7) is -0.445. The van der Waals surface area contributed by atoms with Crippen molar-refractivity contribution >= 4 is 58.9 Å². The zero-order valence-corrected chi connectivity index (χ0v) is 24.2. The van der Waals surface area contributed by atoms with Crippen LogP contribution >= 0.6 is 11.6 Å². The molecule has 1 aliphatic rings. The Balaban J connectivity index is 2.26. The molecular weight excluding hydrogens is 588 g/mol. The second-order valence-electron chi connectivity index (χ2n) is 9.58. The van der Waals surface area contributed by atoms with E-state index >= 15 is 0 Å². The van der Waals surface area contributed by atoms with Crippen molar-refractivity contribution in [2.45, 2.75) is 50.7 Å². The van der Waals surface area contributed by atoms with E-state index in [9.17, 15) is 38.4 Å². The Hall–Kier alpha value is -4.73. The third kappa shape index (κ3) is 12.8. The van der Waals surface area contributed by atoms with Crippen LogP contribution in [0.2, 0.25) is 5.02 Å². The summed E-state index contributed by atoms with van der Waals surface area (Å²) in [5.74, 6) is -5.67. The fourth-order valence-electron chi connectivity index (χ4n) is 3.89. The maximum atomic E-state index is 13.0. The maximum absolute atomic E-state index is 13.0. The van der Waals surface area contributed by atoms with Gasteiger partial charge in [0.15, 0.2) is 0 Å². The van der Waals surface area contributed by atoms with Crippen molar-refractivity contribution in [3.8, 4) is 0 Å². The van der Waals surface area contributed by atoms with Gasteiger partial charge in [0, 0.05) is 31.3 Å². The minimum absolute atomic E-state index is 0.0632. The molecule has 17 heteroatoms. The van der Waals surface area contributed by atoms with Gasteiger partial charge in [-0.05, 0) is 24.5 Å². The fraction of sp³-hybridized carbons (Fsp3) is 0.462. The highest BCUT2D eigenvalue weighted by molar-refractivity contribution is 6.31. The van der Waals surface area contributed by atoms with E-state index in [1.165, 1.54) is 6.92 Å². The van der Waals surface area contributed by atoms with Crippen LogP contribution in [0.4, 0.5) is 0 Å². The van der Waals surface area contributed by atoms with Crippen molar-refractivity contribution in [1.29, 1.82) is 0 Å². The van der Waals surface area contributed by atoms with Gasteiger partial charge in [0.05, 0.1) is 19.6 Å². The number of amides is 8. The van der Waals surface area contributed by atoms with Gasteiger partial charge in [-0.2, -0.15) is 0 Å². The number of nitrogens with one attached hydrogen (secondary N) is 7. The van der Waals surface area contributed by atoms with Crippen molar-refractivity contribution in [3.63, 3.8) is 0 Å². The largest absolute Gasteiger partial charge is 0.368 e. The summed E-state index contributed by atoms with van der Waals surface area (Å²) in [5.41, 5.74) is 5.88. The van der Waals surface area contributed by atoms with Gasteiger partial charge < -0.3 is 43.0 Å². The van der Waals surface area contributed by atoms with Gasteiger partial charge in [-0.1, -0.05) is 29.8 Å². The molecule has 9 N–H and O–H groups in total. The summed E-state index contributed by atoms with van der Waals surface area (Å²) in [6.07, 6.45) is -0.551. The first-order valence-corrected chi connectivity index (χ1v) is 13.7. The summed E-state index contributed by atoms with van der Waals surface area (Å²) in [5, 5.41) is 17.2. The molecule has 0 radical (unpaired) electrons. The molecule has 3 atom stereocenters. The Morgan fingerprint density at radius 3 is 2.21 bits per heavy atom. The number of carbonyl (C=O) groups excluding carboxylic acids is 8. The Labute approximate surface area is 252 Å². The first kappa shape index (κ1) is 34.5. The number of rotatable bonds is 6. The molecule has 1 aromatic carbocycles. The standard InChI is InChI=1S/C26H35ClN8O8/c1-14(36)30-11-21(38)34-18-6-7-20(37)29-9-8-17(24(28)41)33-22(39)12-32-26(43)19(35-23(40)13-31-25(18)42)10-15-4-2-3-5-16(15)27/h2-5,17-19H,6-13H2,1H3,(H2,28,41)(H,29,37)(H,30,36)(H,31,42)(H,32,43)(H,33,39)(H,34,38)(H,35,40)/t17-,18-,19+/m0/s1. The number of carbonyl (C=O) groups is 8. The SMILES string of the molecule is CC(=O)NCC(=O)N[C@H]1CCC(=O)NCC[C@@H](C(N)=O)NC(=O)CNC(=O)[C@@H](Cc2ccccc2Cl)NC(=O)CNC1=O. The number of hydrogen-bond donors (Lipinski definition) is 8.